The molecule has 208 valence electrons. The highest BCUT2D eigenvalue weighted by molar-refractivity contribution is 7.91. The van der Waals surface area contributed by atoms with Gasteiger partial charge in [0.05, 0.1) is 30.9 Å². The maximum absolute atomic E-state index is 14.2. The van der Waals surface area contributed by atoms with E-state index in [1.807, 2.05) is 72.7 Å². The highest BCUT2D eigenvalue weighted by atomic mass is 32.2. The van der Waals surface area contributed by atoms with Gasteiger partial charge in [0.2, 0.25) is 0 Å². The van der Waals surface area contributed by atoms with Gasteiger partial charge in [-0.15, -0.1) is 4.72 Å². The van der Waals surface area contributed by atoms with E-state index in [2.05, 4.69) is 38.6 Å². The quantitative estimate of drug-likeness (QED) is 0.216. The number of carbonyl (C=O) groups is 1. The average Bonchev–Trinajstić information content (AvgIpc) is 2.71. The number of hydrogen-bond donors (Lipinski definition) is 1. The smallest absolute Gasteiger partial charge is 0.308 e. The summed E-state index contributed by atoms with van der Waals surface area (Å²) in [6.45, 7) is 24.1. The lowest BCUT2D eigenvalue weighted by atomic mass is 9.98. The van der Waals surface area contributed by atoms with Gasteiger partial charge in [0, 0.05) is 26.9 Å². The highest BCUT2D eigenvalue weighted by Gasteiger charge is 2.48. The molecular formula is C27H49NO5S2Si. The molecule has 0 heterocycles. The molecule has 0 saturated carbocycles. The molecule has 1 aromatic carbocycles. The van der Waals surface area contributed by atoms with E-state index in [-0.39, 0.29) is 11.5 Å². The van der Waals surface area contributed by atoms with Crippen LogP contribution in [-0.4, -0.2) is 51.8 Å². The van der Waals surface area contributed by atoms with Gasteiger partial charge in [-0.25, -0.2) is 0 Å². The van der Waals surface area contributed by atoms with Crippen LogP contribution in [0.5, 0.6) is 0 Å². The largest absolute Gasteiger partial charge is 0.598 e. The molecule has 6 nitrogen and oxygen atoms in total. The molecule has 0 aromatic heterocycles. The number of ether oxygens (including phenoxy) is 1. The van der Waals surface area contributed by atoms with Crippen LogP contribution in [0.2, 0.25) is 18.1 Å². The lowest BCUT2D eigenvalue weighted by Crippen LogP contribution is -2.58. The van der Waals surface area contributed by atoms with E-state index in [4.69, 9.17) is 9.16 Å². The summed E-state index contributed by atoms with van der Waals surface area (Å²) >= 11 is -1.50. The van der Waals surface area contributed by atoms with E-state index in [0.29, 0.717) is 0 Å². The van der Waals surface area contributed by atoms with Crippen LogP contribution in [-0.2, 0) is 36.1 Å². The lowest BCUT2D eigenvalue weighted by molar-refractivity contribution is -0.142. The van der Waals surface area contributed by atoms with Crippen LogP contribution in [0, 0.1) is 6.92 Å². The predicted molar refractivity (Wildman–Crippen MR) is 155 cm³/mol. The van der Waals surface area contributed by atoms with Crippen LogP contribution < -0.4 is 4.72 Å². The first-order chi connectivity index (χ1) is 16.1. The molecule has 0 bridgehead atoms. The van der Waals surface area contributed by atoms with Crippen LogP contribution in [0.25, 0.3) is 0 Å². The summed E-state index contributed by atoms with van der Waals surface area (Å²) in [4.78, 5) is 12.6. The van der Waals surface area contributed by atoms with E-state index < -0.39 is 63.3 Å². The van der Waals surface area contributed by atoms with Crippen LogP contribution in [0.15, 0.2) is 24.3 Å². The van der Waals surface area contributed by atoms with Gasteiger partial charge in [0.15, 0.2) is 8.32 Å². The van der Waals surface area contributed by atoms with E-state index in [9.17, 15) is 13.6 Å². The molecule has 5 atom stereocenters. The molecule has 0 aliphatic carbocycles. The zero-order chi connectivity index (χ0) is 28.3. The summed E-state index contributed by atoms with van der Waals surface area (Å²) in [6.07, 6.45) is -0.728. The second-order valence-electron chi connectivity index (χ2n) is 13.0. The number of aryl methyl sites for hydroxylation is 1. The number of esters is 1. The summed E-state index contributed by atoms with van der Waals surface area (Å²) in [5.74, 6) is -0.420. The molecule has 0 radical (unpaired) electrons. The normalized spacial score (nSPS) is 17.7. The van der Waals surface area contributed by atoms with Crippen molar-refractivity contribution >= 4 is 36.4 Å². The number of rotatable bonds is 10. The zero-order valence-corrected chi connectivity index (χ0v) is 27.2. The molecule has 0 spiro atoms. The third kappa shape index (κ3) is 9.24. The lowest BCUT2D eigenvalue weighted by Gasteiger charge is -2.44. The number of nitrogens with one attached hydrogen (secondary N) is 1. The van der Waals surface area contributed by atoms with E-state index in [0.717, 1.165) is 11.1 Å². The average molecular weight is 560 g/mol. The molecule has 9 heteroatoms. The summed E-state index contributed by atoms with van der Waals surface area (Å²) in [6, 6.07) is 7.26. The van der Waals surface area contributed by atoms with Crippen LogP contribution in [0.1, 0.15) is 85.1 Å². The molecule has 0 amide bonds. The van der Waals surface area contributed by atoms with Crippen molar-refractivity contribution in [2.24, 2.45) is 0 Å². The number of methoxy groups -OCH3 is 1. The first kappa shape index (κ1) is 33.3. The van der Waals surface area contributed by atoms with Crippen LogP contribution in [0.3, 0.4) is 0 Å². The molecule has 1 rings (SSSR count). The highest BCUT2D eigenvalue weighted by Crippen LogP contribution is 2.41. The minimum Gasteiger partial charge on any atom is -0.598 e. The molecule has 3 unspecified atom stereocenters. The Labute approximate surface area is 226 Å². The molecular weight excluding hydrogens is 511 g/mol. The van der Waals surface area contributed by atoms with Gasteiger partial charge in [-0.1, -0.05) is 50.6 Å². The van der Waals surface area contributed by atoms with Crippen molar-refractivity contribution in [3.05, 3.63) is 35.4 Å². The minimum atomic E-state index is -2.39. The van der Waals surface area contributed by atoms with Gasteiger partial charge < -0.3 is 13.7 Å². The maximum atomic E-state index is 14.2. The van der Waals surface area contributed by atoms with Crippen molar-refractivity contribution in [2.75, 3.05) is 7.11 Å². The van der Waals surface area contributed by atoms with Crippen molar-refractivity contribution in [1.82, 2.24) is 4.72 Å². The van der Waals surface area contributed by atoms with Crippen molar-refractivity contribution in [3.63, 3.8) is 0 Å². The number of carbonyl (C=O) groups excluding carboxylic acids is 1. The molecule has 0 saturated heterocycles. The SMILES string of the molecule is COC(=O)C[C@H](O[Si](C)(C)C(C)(C)C)C(N[S+]([O-])C(C)(C)C)C(c1ccc(C)cc1)[S@@](=O)C(C)(C)C. The zero-order valence-electron chi connectivity index (χ0n) is 24.6. The summed E-state index contributed by atoms with van der Waals surface area (Å²) in [5.41, 5.74) is 1.94. The second-order valence-corrected chi connectivity index (χ2v) is 22.0. The fourth-order valence-corrected chi connectivity index (χ4v) is 7.27. The van der Waals surface area contributed by atoms with Gasteiger partial charge >= 0.3 is 5.97 Å². The van der Waals surface area contributed by atoms with Crippen molar-refractivity contribution in [3.8, 4) is 0 Å². The van der Waals surface area contributed by atoms with Gasteiger partial charge in [-0.2, -0.15) is 0 Å². The predicted octanol–water partition coefficient (Wildman–Crippen LogP) is 5.96. The Hall–Kier alpha value is -0.713. The maximum Gasteiger partial charge on any atom is 0.308 e. The standard InChI is InChI=1S/C27H49NO5S2Si/c1-19-14-16-20(17-15-19)24(34(30)25(2,3)4)23(28-35(31)26(5,6)7)21(18-22(29)32-11)33-36(12,13)27(8,9)10/h14-17,21,23-24,28H,18H2,1-13H3/t21-,23?,24?,34+,35?/m0/s1. The van der Waals surface area contributed by atoms with Crippen molar-refractivity contribution < 1.29 is 22.7 Å². The molecule has 1 aromatic rings. The van der Waals surface area contributed by atoms with Crippen LogP contribution >= 0.6 is 0 Å². The monoisotopic (exact) mass is 559 g/mol. The Morgan fingerprint density at radius 1 is 1.06 bits per heavy atom. The van der Waals surface area contributed by atoms with Gasteiger partial charge in [0.1, 0.15) is 4.75 Å². The molecule has 36 heavy (non-hydrogen) atoms. The molecule has 1 N–H and O–H groups in total. The van der Waals surface area contributed by atoms with E-state index in [1.165, 1.54) is 7.11 Å². The molecule has 0 aliphatic rings. The van der Waals surface area contributed by atoms with Crippen molar-refractivity contribution in [2.45, 2.75) is 121 Å². The van der Waals surface area contributed by atoms with E-state index in [1.54, 1.807) is 0 Å². The summed E-state index contributed by atoms with van der Waals surface area (Å²) in [7, 11) is -2.44. The third-order valence-corrected chi connectivity index (χ3v) is 15.0. The van der Waals surface area contributed by atoms with Gasteiger partial charge in [-0.05, 0) is 72.2 Å². The topological polar surface area (TPSA) is 87.7 Å². The Bertz CT molecular complexity index is 885. The Kier molecular flexibility index (Phi) is 11.5. The van der Waals surface area contributed by atoms with E-state index >= 15 is 0 Å². The molecule has 0 aliphatic heterocycles. The Morgan fingerprint density at radius 2 is 1.56 bits per heavy atom. The summed E-state index contributed by atoms with van der Waals surface area (Å²) < 4.78 is 41.7. The number of hydrogen-bond acceptors (Lipinski definition) is 6. The first-order valence-electron chi connectivity index (χ1n) is 12.5. The third-order valence-electron chi connectivity index (χ3n) is 6.61. The number of benzene rings is 1. The van der Waals surface area contributed by atoms with Crippen molar-refractivity contribution in [1.29, 1.82) is 0 Å². The minimum absolute atomic E-state index is 0.0360. The fraction of sp³-hybridized carbons (Fsp3) is 0.741. The Morgan fingerprint density at radius 3 is 1.94 bits per heavy atom. The molecule has 0 fully saturated rings. The van der Waals surface area contributed by atoms with Gasteiger partial charge in [-0.3, -0.25) is 9.00 Å². The van der Waals surface area contributed by atoms with Gasteiger partial charge in [0.25, 0.3) is 0 Å². The first-order valence-corrected chi connectivity index (χ1v) is 17.8. The fourth-order valence-electron chi connectivity index (χ4n) is 3.28. The summed E-state index contributed by atoms with van der Waals surface area (Å²) in [5, 5.41) is -0.700. The second kappa shape index (κ2) is 12.4. The Balaban J connectivity index is 3.85. The van der Waals surface area contributed by atoms with Crippen LogP contribution in [0.4, 0.5) is 0 Å².